The average Bonchev–Trinajstić information content (AvgIpc) is 2.40. The third-order valence-corrected chi connectivity index (χ3v) is 5.22. The molecule has 0 unspecified atom stereocenters. The van der Waals surface area contributed by atoms with Crippen LogP contribution in [-0.2, 0) is 19.6 Å². The van der Waals surface area contributed by atoms with Crippen LogP contribution in [0, 0.1) is 0 Å². The largest absolute Gasteiger partial charge is 0.480 e. The maximum atomic E-state index is 12.2. The molecule has 1 saturated carbocycles. The first-order valence-electron chi connectivity index (χ1n) is 6.86. The fourth-order valence-corrected chi connectivity index (χ4v) is 3.52. The first kappa shape index (κ1) is 14.8. The van der Waals surface area contributed by atoms with Crippen LogP contribution in [-0.4, -0.2) is 54.0 Å². The summed E-state index contributed by atoms with van der Waals surface area (Å²) in [6.45, 7) is 0.215. The van der Waals surface area contributed by atoms with Crippen molar-refractivity contribution >= 4 is 27.7 Å². The zero-order valence-electron chi connectivity index (χ0n) is 11.7. The highest BCUT2D eigenvalue weighted by atomic mass is 32.2. The highest BCUT2D eigenvalue weighted by molar-refractivity contribution is 7.90. The van der Waals surface area contributed by atoms with Crippen LogP contribution in [0.25, 0.3) is 0 Å². The Balaban J connectivity index is 1.77. The van der Waals surface area contributed by atoms with Crippen LogP contribution in [0.3, 0.4) is 0 Å². The summed E-state index contributed by atoms with van der Waals surface area (Å²) >= 11 is 0. The minimum atomic E-state index is -3.44. The lowest BCUT2D eigenvalue weighted by atomic mass is 9.76. The number of nitrogens with one attached hydrogen (secondary N) is 1. The lowest BCUT2D eigenvalue weighted by molar-refractivity contribution is -0.151. The fourth-order valence-electron chi connectivity index (χ4n) is 2.55. The standard InChI is InChI=1S/C13H15N3O5S/c17-11(14-13(12(18)19)4-1-5-13)9-2-3-10-15-22(20,21)7-6-16(10)8-9/h2-3,8H,1,4-7H2,(H,14,17)(H,18,19). The molecular weight excluding hydrogens is 310 g/mol. The number of carbonyl (C=O) groups excluding carboxylic acids is 1. The Morgan fingerprint density at radius 1 is 1.32 bits per heavy atom. The van der Waals surface area contributed by atoms with E-state index >= 15 is 0 Å². The maximum Gasteiger partial charge on any atom is 0.329 e. The molecule has 2 N–H and O–H groups in total. The minimum Gasteiger partial charge on any atom is -0.480 e. The van der Waals surface area contributed by atoms with Gasteiger partial charge in [0.05, 0.1) is 11.3 Å². The Morgan fingerprint density at radius 2 is 2.05 bits per heavy atom. The highest BCUT2D eigenvalue weighted by Gasteiger charge is 2.46. The first-order chi connectivity index (χ1) is 10.3. The van der Waals surface area contributed by atoms with Crippen LogP contribution in [0.5, 0.6) is 0 Å². The van der Waals surface area contributed by atoms with Crippen LogP contribution in [0.4, 0.5) is 0 Å². The Hall–Kier alpha value is -2.16. The van der Waals surface area contributed by atoms with E-state index in [4.69, 9.17) is 0 Å². The Bertz CT molecular complexity index is 731. The van der Waals surface area contributed by atoms with Crippen LogP contribution in [0.1, 0.15) is 19.3 Å². The van der Waals surface area contributed by atoms with Gasteiger partial charge < -0.3 is 15.3 Å². The van der Waals surface area contributed by atoms with Crippen molar-refractivity contribution < 1.29 is 23.1 Å². The molecule has 3 aliphatic rings. The molecule has 0 atom stereocenters. The van der Waals surface area contributed by atoms with E-state index in [1.165, 1.54) is 18.4 Å². The van der Waals surface area contributed by atoms with Crippen LogP contribution >= 0.6 is 0 Å². The number of rotatable bonds is 3. The zero-order valence-corrected chi connectivity index (χ0v) is 12.5. The van der Waals surface area contributed by atoms with Gasteiger partial charge in [0.15, 0.2) is 0 Å². The van der Waals surface area contributed by atoms with Gasteiger partial charge in [-0.25, -0.2) is 13.2 Å². The number of fused-ring (bicyclic) bond motifs is 1. The number of hydrogen-bond acceptors (Lipinski definition) is 5. The summed E-state index contributed by atoms with van der Waals surface area (Å²) in [6, 6.07) is 0. The lowest BCUT2D eigenvalue weighted by Crippen LogP contribution is -2.59. The number of hydrogen-bond donors (Lipinski definition) is 2. The van der Waals surface area contributed by atoms with Crippen molar-refractivity contribution in [3.8, 4) is 0 Å². The second-order valence-corrected chi connectivity index (χ2v) is 7.30. The number of nitrogens with zero attached hydrogens (tertiary/aromatic N) is 2. The lowest BCUT2D eigenvalue weighted by Gasteiger charge is -2.38. The number of aliphatic carboxylic acids is 1. The van der Waals surface area contributed by atoms with Gasteiger partial charge in [0.2, 0.25) is 0 Å². The summed E-state index contributed by atoms with van der Waals surface area (Å²) in [6.07, 6.45) is 5.98. The predicted molar refractivity (Wildman–Crippen MR) is 77.5 cm³/mol. The summed E-state index contributed by atoms with van der Waals surface area (Å²) in [5.41, 5.74) is -0.892. The van der Waals surface area contributed by atoms with Crippen LogP contribution in [0.15, 0.2) is 28.3 Å². The van der Waals surface area contributed by atoms with E-state index in [1.54, 1.807) is 4.90 Å². The van der Waals surface area contributed by atoms with Crippen molar-refractivity contribution in [1.82, 2.24) is 10.2 Å². The van der Waals surface area contributed by atoms with E-state index in [-0.39, 0.29) is 23.7 Å². The average molecular weight is 325 g/mol. The van der Waals surface area contributed by atoms with E-state index in [9.17, 15) is 23.1 Å². The van der Waals surface area contributed by atoms with Crippen LogP contribution in [0.2, 0.25) is 0 Å². The van der Waals surface area contributed by atoms with Gasteiger partial charge in [0.25, 0.3) is 15.9 Å². The van der Waals surface area contributed by atoms with E-state index < -0.39 is 27.4 Å². The molecule has 22 heavy (non-hydrogen) atoms. The number of carboxylic acid groups (broad SMARTS) is 1. The van der Waals surface area contributed by atoms with E-state index in [0.29, 0.717) is 12.8 Å². The molecule has 1 amide bonds. The molecular formula is C13H15N3O5S. The van der Waals surface area contributed by atoms with Gasteiger partial charge in [-0.3, -0.25) is 4.79 Å². The van der Waals surface area contributed by atoms with Crippen molar-refractivity contribution in [2.45, 2.75) is 24.8 Å². The third kappa shape index (κ3) is 2.52. The highest BCUT2D eigenvalue weighted by Crippen LogP contribution is 2.32. The van der Waals surface area contributed by atoms with Crippen molar-refractivity contribution in [2.24, 2.45) is 4.40 Å². The van der Waals surface area contributed by atoms with Crippen molar-refractivity contribution in [3.63, 3.8) is 0 Å². The van der Waals surface area contributed by atoms with Crippen molar-refractivity contribution in [2.75, 3.05) is 12.3 Å². The number of amides is 1. The molecule has 118 valence electrons. The molecule has 1 aliphatic carbocycles. The predicted octanol–water partition coefficient (Wildman–Crippen LogP) is -0.393. The molecule has 0 aromatic heterocycles. The SMILES string of the molecule is O=C(NC1(C(=O)O)CCC1)C1=CN2CCS(=O)(=O)N=C2C=C1. The molecule has 0 spiro atoms. The van der Waals surface area contributed by atoms with E-state index in [2.05, 4.69) is 9.71 Å². The molecule has 0 aromatic rings. The quantitative estimate of drug-likeness (QED) is 0.730. The molecule has 9 heteroatoms. The summed E-state index contributed by atoms with van der Waals surface area (Å²) < 4.78 is 26.5. The number of amidine groups is 1. The number of carbonyl (C=O) groups is 2. The normalized spacial score (nSPS) is 24.5. The van der Waals surface area contributed by atoms with Gasteiger partial charge >= 0.3 is 5.97 Å². The van der Waals surface area contributed by atoms with Crippen LogP contribution < -0.4 is 5.32 Å². The van der Waals surface area contributed by atoms with Gasteiger partial charge in [-0.05, 0) is 31.4 Å². The summed E-state index contributed by atoms with van der Waals surface area (Å²) in [7, 11) is -3.44. The molecule has 3 rings (SSSR count). The van der Waals surface area contributed by atoms with Gasteiger partial charge in [-0.1, -0.05) is 0 Å². The summed E-state index contributed by atoms with van der Waals surface area (Å²) in [5.74, 6) is -1.36. The minimum absolute atomic E-state index is 0.116. The van der Waals surface area contributed by atoms with Crippen molar-refractivity contribution in [3.05, 3.63) is 23.9 Å². The van der Waals surface area contributed by atoms with E-state index in [1.807, 2.05) is 0 Å². The monoisotopic (exact) mass is 325 g/mol. The van der Waals surface area contributed by atoms with Crippen molar-refractivity contribution in [1.29, 1.82) is 0 Å². The molecule has 0 radical (unpaired) electrons. The number of sulfonamides is 1. The van der Waals surface area contributed by atoms with Gasteiger partial charge in [0.1, 0.15) is 11.4 Å². The topological polar surface area (TPSA) is 116 Å². The van der Waals surface area contributed by atoms with Gasteiger partial charge in [0, 0.05) is 12.7 Å². The molecule has 2 heterocycles. The second kappa shape index (κ2) is 4.94. The molecule has 0 aromatic carbocycles. The first-order valence-corrected chi connectivity index (χ1v) is 8.47. The smallest absolute Gasteiger partial charge is 0.329 e. The zero-order chi connectivity index (χ0) is 16.0. The number of carboxylic acids is 1. The molecule has 2 aliphatic heterocycles. The molecule has 8 nitrogen and oxygen atoms in total. The summed E-state index contributed by atoms with van der Waals surface area (Å²) in [5, 5.41) is 11.8. The summed E-state index contributed by atoms with van der Waals surface area (Å²) in [4.78, 5) is 25.1. The van der Waals surface area contributed by atoms with Gasteiger partial charge in [-0.15, -0.1) is 4.40 Å². The third-order valence-electron chi connectivity index (χ3n) is 4.06. The maximum absolute atomic E-state index is 12.2. The Morgan fingerprint density at radius 3 is 2.64 bits per heavy atom. The Kier molecular flexibility index (Phi) is 3.32. The van der Waals surface area contributed by atoms with Gasteiger partial charge in [-0.2, -0.15) is 0 Å². The Labute approximate surface area is 127 Å². The molecule has 1 fully saturated rings. The molecule has 0 bridgehead atoms. The fraction of sp³-hybridized carbons (Fsp3) is 0.462. The molecule has 0 saturated heterocycles. The van der Waals surface area contributed by atoms with E-state index in [0.717, 1.165) is 6.42 Å². The second-order valence-electron chi connectivity index (χ2n) is 5.54.